The normalized spacial score (nSPS) is 11.2. The first-order valence-electron chi connectivity index (χ1n) is 9.47. The maximum absolute atomic E-state index is 12.6. The van der Waals surface area contributed by atoms with Crippen LogP contribution < -0.4 is 10.9 Å². The van der Waals surface area contributed by atoms with Gasteiger partial charge in [-0.25, -0.2) is 4.98 Å². The summed E-state index contributed by atoms with van der Waals surface area (Å²) in [5.74, 6) is 0.148. The first-order chi connectivity index (χ1) is 13.8. The van der Waals surface area contributed by atoms with Crippen molar-refractivity contribution < 1.29 is 9.59 Å². The summed E-state index contributed by atoms with van der Waals surface area (Å²) in [6, 6.07) is 14.1. The number of carbonyl (C=O) groups is 2. The predicted molar refractivity (Wildman–Crippen MR) is 113 cm³/mol. The maximum Gasteiger partial charge on any atom is 0.258 e. The summed E-state index contributed by atoms with van der Waals surface area (Å²) in [7, 11) is 0. The summed E-state index contributed by atoms with van der Waals surface area (Å²) < 4.78 is 0. The second-order valence-corrected chi connectivity index (χ2v) is 7.18. The summed E-state index contributed by atoms with van der Waals surface area (Å²) in [6.45, 7) is 5.82. The molecule has 7 heteroatoms. The quantitative estimate of drug-likeness (QED) is 0.603. The van der Waals surface area contributed by atoms with E-state index in [1.54, 1.807) is 42.5 Å². The number of rotatable bonds is 7. The predicted octanol–water partition coefficient (Wildman–Crippen LogP) is 2.97. The van der Waals surface area contributed by atoms with Gasteiger partial charge in [0.15, 0.2) is 5.78 Å². The highest BCUT2D eigenvalue weighted by Gasteiger charge is 2.18. The van der Waals surface area contributed by atoms with Crippen LogP contribution in [0.25, 0.3) is 10.9 Å². The minimum atomic E-state index is -0.240. The number of amides is 1. The molecule has 1 heterocycles. The molecule has 29 heavy (non-hydrogen) atoms. The molecule has 0 spiro atoms. The second kappa shape index (κ2) is 8.79. The summed E-state index contributed by atoms with van der Waals surface area (Å²) in [4.78, 5) is 45.9. The number of anilines is 1. The highest BCUT2D eigenvalue weighted by molar-refractivity contribution is 6.04. The molecule has 3 rings (SSSR count). The van der Waals surface area contributed by atoms with E-state index in [0.29, 0.717) is 34.5 Å². The van der Waals surface area contributed by atoms with Crippen LogP contribution >= 0.6 is 0 Å². The van der Waals surface area contributed by atoms with Crippen LogP contribution in [-0.4, -0.2) is 39.1 Å². The molecular formula is C22H24N4O3. The lowest BCUT2D eigenvalue weighted by molar-refractivity contribution is -0.117. The molecule has 0 radical (unpaired) electrons. The number of ketones is 1. The third-order valence-electron chi connectivity index (χ3n) is 4.67. The Morgan fingerprint density at radius 3 is 2.52 bits per heavy atom. The number of aromatic amines is 1. The van der Waals surface area contributed by atoms with Crippen LogP contribution in [0.15, 0.2) is 53.3 Å². The van der Waals surface area contributed by atoms with Gasteiger partial charge in [0.05, 0.1) is 29.7 Å². The van der Waals surface area contributed by atoms with Gasteiger partial charge >= 0.3 is 0 Å². The fourth-order valence-electron chi connectivity index (χ4n) is 3.10. The van der Waals surface area contributed by atoms with Gasteiger partial charge in [0.2, 0.25) is 5.91 Å². The third-order valence-corrected chi connectivity index (χ3v) is 4.67. The monoisotopic (exact) mass is 392 g/mol. The number of hydrogen-bond acceptors (Lipinski definition) is 5. The lowest BCUT2D eigenvalue weighted by Crippen LogP contribution is -2.38. The summed E-state index contributed by atoms with van der Waals surface area (Å²) in [6.07, 6.45) is 0. The lowest BCUT2D eigenvalue weighted by atomic mass is 10.1. The fourth-order valence-corrected chi connectivity index (χ4v) is 3.10. The number of aromatic nitrogens is 2. The van der Waals surface area contributed by atoms with Gasteiger partial charge in [-0.3, -0.25) is 19.3 Å². The van der Waals surface area contributed by atoms with Crippen molar-refractivity contribution in [2.45, 2.75) is 33.4 Å². The SMILES string of the molecule is CC(=O)c1ccccc1NC(=O)CN(Cc1nc2ccccc2c(=O)[nH]1)C(C)C. The van der Waals surface area contributed by atoms with E-state index in [2.05, 4.69) is 15.3 Å². The average molecular weight is 392 g/mol. The first-order valence-corrected chi connectivity index (χ1v) is 9.47. The number of fused-ring (bicyclic) bond motifs is 1. The Bertz CT molecular complexity index is 1100. The van der Waals surface area contributed by atoms with Crippen molar-refractivity contribution >= 4 is 28.3 Å². The number of nitrogens with one attached hydrogen (secondary N) is 2. The highest BCUT2D eigenvalue weighted by Crippen LogP contribution is 2.16. The number of Topliss-reactive ketones (excluding diaryl/α,β-unsaturated/α-hetero) is 1. The highest BCUT2D eigenvalue weighted by atomic mass is 16.2. The van der Waals surface area contributed by atoms with Crippen LogP contribution in [0.5, 0.6) is 0 Å². The largest absolute Gasteiger partial charge is 0.324 e. The number of para-hydroxylation sites is 2. The van der Waals surface area contributed by atoms with Crippen molar-refractivity contribution in [3.05, 3.63) is 70.3 Å². The van der Waals surface area contributed by atoms with E-state index in [-0.39, 0.29) is 29.8 Å². The van der Waals surface area contributed by atoms with Crippen LogP contribution in [0.4, 0.5) is 5.69 Å². The van der Waals surface area contributed by atoms with Crippen LogP contribution in [-0.2, 0) is 11.3 Å². The van der Waals surface area contributed by atoms with E-state index in [4.69, 9.17) is 0 Å². The van der Waals surface area contributed by atoms with Crippen molar-refractivity contribution in [3.8, 4) is 0 Å². The Kier molecular flexibility index (Phi) is 6.19. The van der Waals surface area contributed by atoms with Gasteiger partial charge in [0.25, 0.3) is 5.56 Å². The van der Waals surface area contributed by atoms with E-state index in [1.165, 1.54) is 6.92 Å². The summed E-state index contributed by atoms with van der Waals surface area (Å²) in [5.41, 5.74) is 1.38. The Hall–Kier alpha value is -3.32. The van der Waals surface area contributed by atoms with Gasteiger partial charge in [-0.05, 0) is 45.0 Å². The molecule has 0 fully saturated rings. The van der Waals surface area contributed by atoms with E-state index < -0.39 is 0 Å². The maximum atomic E-state index is 12.6. The van der Waals surface area contributed by atoms with Crippen molar-refractivity contribution in [2.75, 3.05) is 11.9 Å². The lowest BCUT2D eigenvalue weighted by Gasteiger charge is -2.25. The molecule has 1 amide bonds. The molecule has 0 aliphatic heterocycles. The second-order valence-electron chi connectivity index (χ2n) is 7.18. The van der Waals surface area contributed by atoms with Gasteiger partial charge in [-0.1, -0.05) is 24.3 Å². The summed E-state index contributed by atoms with van der Waals surface area (Å²) in [5, 5.41) is 3.34. The molecule has 7 nitrogen and oxygen atoms in total. The smallest absolute Gasteiger partial charge is 0.258 e. The Morgan fingerprint density at radius 1 is 1.10 bits per heavy atom. The molecular weight excluding hydrogens is 368 g/mol. The zero-order valence-electron chi connectivity index (χ0n) is 16.7. The van der Waals surface area contributed by atoms with Crippen LogP contribution in [0.1, 0.15) is 37.0 Å². The molecule has 1 aromatic heterocycles. The van der Waals surface area contributed by atoms with Gasteiger partial charge in [0, 0.05) is 11.6 Å². The number of hydrogen-bond donors (Lipinski definition) is 2. The van der Waals surface area contributed by atoms with Gasteiger partial charge in [-0.15, -0.1) is 0 Å². The van der Waals surface area contributed by atoms with E-state index >= 15 is 0 Å². The zero-order valence-corrected chi connectivity index (χ0v) is 16.7. The molecule has 0 aliphatic carbocycles. The van der Waals surface area contributed by atoms with E-state index in [1.807, 2.05) is 24.8 Å². The van der Waals surface area contributed by atoms with Crippen molar-refractivity contribution in [1.29, 1.82) is 0 Å². The average Bonchev–Trinajstić information content (AvgIpc) is 2.67. The molecule has 0 bridgehead atoms. The topological polar surface area (TPSA) is 95.2 Å². The van der Waals surface area contributed by atoms with Crippen molar-refractivity contribution in [2.24, 2.45) is 0 Å². The molecule has 0 atom stereocenters. The Morgan fingerprint density at radius 2 is 1.79 bits per heavy atom. The number of nitrogens with zero attached hydrogens (tertiary/aromatic N) is 2. The van der Waals surface area contributed by atoms with Crippen LogP contribution in [0.3, 0.4) is 0 Å². The fraction of sp³-hybridized carbons (Fsp3) is 0.273. The molecule has 0 aliphatic rings. The Balaban J connectivity index is 1.76. The number of carbonyl (C=O) groups excluding carboxylic acids is 2. The molecule has 150 valence electrons. The zero-order chi connectivity index (χ0) is 21.0. The molecule has 0 saturated carbocycles. The molecule has 2 N–H and O–H groups in total. The molecule has 3 aromatic rings. The van der Waals surface area contributed by atoms with E-state index in [9.17, 15) is 14.4 Å². The number of benzene rings is 2. The standard InChI is InChI=1S/C22H24N4O3/c1-14(2)26(12-20-23-19-11-7-5-9-17(19)22(29)25-20)13-21(28)24-18-10-6-4-8-16(18)15(3)27/h4-11,14H,12-13H2,1-3H3,(H,24,28)(H,23,25,29). The van der Waals surface area contributed by atoms with Crippen LogP contribution in [0, 0.1) is 0 Å². The van der Waals surface area contributed by atoms with Crippen molar-refractivity contribution in [3.63, 3.8) is 0 Å². The van der Waals surface area contributed by atoms with E-state index in [0.717, 1.165) is 0 Å². The summed E-state index contributed by atoms with van der Waals surface area (Å²) >= 11 is 0. The molecule has 0 unspecified atom stereocenters. The van der Waals surface area contributed by atoms with Gasteiger partial charge in [-0.2, -0.15) is 0 Å². The minimum absolute atomic E-state index is 0.0422. The Labute approximate surface area is 168 Å². The molecule has 2 aromatic carbocycles. The number of H-pyrrole nitrogens is 1. The van der Waals surface area contributed by atoms with Gasteiger partial charge in [0.1, 0.15) is 5.82 Å². The molecule has 0 saturated heterocycles. The van der Waals surface area contributed by atoms with Crippen molar-refractivity contribution in [1.82, 2.24) is 14.9 Å². The van der Waals surface area contributed by atoms with Gasteiger partial charge < -0.3 is 10.3 Å². The minimum Gasteiger partial charge on any atom is -0.324 e. The third kappa shape index (κ3) is 4.94. The van der Waals surface area contributed by atoms with Crippen LogP contribution in [0.2, 0.25) is 0 Å². The first kappa shape index (κ1) is 20.4.